The molecule has 0 unspecified atom stereocenters. The van der Waals surface area contributed by atoms with Crippen LogP contribution in [0.15, 0.2) is 36.5 Å². The number of pyridine rings is 1. The van der Waals surface area contributed by atoms with Gasteiger partial charge in [-0.2, -0.15) is 0 Å². The van der Waals surface area contributed by atoms with Crippen LogP contribution >= 0.6 is 0 Å². The maximum Gasteiger partial charge on any atom is 0.262 e. The molecule has 0 fully saturated rings. The zero-order valence-corrected chi connectivity index (χ0v) is 13.4. The van der Waals surface area contributed by atoms with Crippen molar-refractivity contribution in [2.24, 2.45) is 0 Å². The van der Waals surface area contributed by atoms with Crippen LogP contribution in [0.1, 0.15) is 11.1 Å². The summed E-state index contributed by atoms with van der Waals surface area (Å²) in [5, 5.41) is 2.83. The molecule has 2 aromatic rings. The molecule has 22 heavy (non-hydrogen) atoms. The maximum absolute atomic E-state index is 12.1. The topological polar surface area (TPSA) is 54.5 Å². The van der Waals surface area contributed by atoms with E-state index in [1.54, 1.807) is 12.3 Å². The van der Waals surface area contributed by atoms with Crippen LogP contribution in [0.25, 0.3) is 0 Å². The lowest BCUT2D eigenvalue weighted by Gasteiger charge is -2.16. The summed E-state index contributed by atoms with van der Waals surface area (Å²) in [6, 6.07) is 9.50. The first kappa shape index (κ1) is 15.8. The van der Waals surface area contributed by atoms with Crippen molar-refractivity contribution in [2.75, 3.05) is 30.9 Å². The normalized spacial score (nSPS) is 10.2. The van der Waals surface area contributed by atoms with E-state index in [-0.39, 0.29) is 12.5 Å². The molecule has 1 aromatic heterocycles. The largest absolute Gasteiger partial charge is 0.483 e. The van der Waals surface area contributed by atoms with E-state index < -0.39 is 0 Å². The van der Waals surface area contributed by atoms with E-state index in [4.69, 9.17) is 4.74 Å². The molecule has 0 aliphatic heterocycles. The highest BCUT2D eigenvalue weighted by atomic mass is 16.5. The van der Waals surface area contributed by atoms with E-state index in [0.29, 0.717) is 11.5 Å². The monoisotopic (exact) mass is 299 g/mol. The molecule has 0 bridgehead atoms. The van der Waals surface area contributed by atoms with E-state index in [1.165, 1.54) is 0 Å². The molecule has 5 nitrogen and oxygen atoms in total. The highest BCUT2D eigenvalue weighted by Gasteiger charge is 2.11. The van der Waals surface area contributed by atoms with Gasteiger partial charge in [0, 0.05) is 20.3 Å². The maximum atomic E-state index is 12.1. The van der Waals surface area contributed by atoms with E-state index in [1.807, 2.05) is 57.1 Å². The van der Waals surface area contributed by atoms with Gasteiger partial charge in [0.05, 0.1) is 5.69 Å². The van der Waals surface area contributed by atoms with Crippen molar-refractivity contribution in [3.05, 3.63) is 47.7 Å². The molecule has 1 amide bonds. The average Bonchev–Trinajstić information content (AvgIpc) is 2.47. The zero-order valence-electron chi connectivity index (χ0n) is 13.4. The second kappa shape index (κ2) is 6.93. The zero-order chi connectivity index (χ0) is 16.1. The fourth-order valence-corrected chi connectivity index (χ4v) is 2.20. The van der Waals surface area contributed by atoms with Gasteiger partial charge in [0.1, 0.15) is 5.75 Å². The third-order valence-corrected chi connectivity index (χ3v) is 3.24. The number of amides is 1. The van der Waals surface area contributed by atoms with Crippen molar-refractivity contribution < 1.29 is 9.53 Å². The number of aryl methyl sites for hydroxylation is 2. The number of carbonyl (C=O) groups excluding carboxylic acids is 1. The SMILES string of the molecule is Cc1cccc(C)c1OCC(=O)Nc1cccnc1N(C)C. The van der Waals surface area contributed by atoms with Crippen molar-refractivity contribution in [3.63, 3.8) is 0 Å². The minimum atomic E-state index is -0.209. The van der Waals surface area contributed by atoms with Crippen LogP contribution in [0.3, 0.4) is 0 Å². The number of carbonyl (C=O) groups is 1. The molecule has 0 saturated carbocycles. The van der Waals surface area contributed by atoms with Gasteiger partial charge in [0.2, 0.25) is 0 Å². The summed E-state index contributed by atoms with van der Waals surface area (Å²) in [5.74, 6) is 1.26. The van der Waals surface area contributed by atoms with Crippen LogP contribution in [-0.4, -0.2) is 31.6 Å². The standard InChI is InChI=1S/C17H21N3O2/c1-12-7-5-8-13(2)16(12)22-11-15(21)19-14-9-6-10-18-17(14)20(3)4/h5-10H,11H2,1-4H3,(H,19,21). The number of nitrogens with zero attached hydrogens (tertiary/aromatic N) is 2. The number of rotatable bonds is 5. The average molecular weight is 299 g/mol. The predicted octanol–water partition coefficient (Wildman–Crippen LogP) is 2.78. The first-order valence-electron chi connectivity index (χ1n) is 7.10. The molecule has 0 saturated heterocycles. The van der Waals surface area contributed by atoms with Crippen LogP contribution in [-0.2, 0) is 4.79 Å². The van der Waals surface area contributed by atoms with Crippen molar-refractivity contribution >= 4 is 17.4 Å². The lowest BCUT2D eigenvalue weighted by Crippen LogP contribution is -2.23. The smallest absolute Gasteiger partial charge is 0.262 e. The number of ether oxygens (including phenoxy) is 1. The second-order valence-electron chi connectivity index (χ2n) is 5.33. The molecule has 0 spiro atoms. The van der Waals surface area contributed by atoms with Gasteiger partial charge in [-0.15, -0.1) is 0 Å². The quantitative estimate of drug-likeness (QED) is 0.922. The third-order valence-electron chi connectivity index (χ3n) is 3.24. The Labute approximate surface area is 130 Å². The molecule has 0 aliphatic rings. The molecule has 0 atom stereocenters. The third kappa shape index (κ3) is 3.75. The summed E-state index contributed by atoms with van der Waals surface area (Å²) < 4.78 is 5.66. The van der Waals surface area contributed by atoms with E-state index in [9.17, 15) is 4.79 Å². The molecule has 1 N–H and O–H groups in total. The van der Waals surface area contributed by atoms with Gasteiger partial charge in [0.15, 0.2) is 12.4 Å². The fraction of sp³-hybridized carbons (Fsp3) is 0.294. The Bertz CT molecular complexity index is 648. The van der Waals surface area contributed by atoms with Crippen molar-refractivity contribution in [2.45, 2.75) is 13.8 Å². The Morgan fingerprint density at radius 1 is 1.18 bits per heavy atom. The lowest BCUT2D eigenvalue weighted by atomic mass is 10.1. The number of para-hydroxylation sites is 1. The molecule has 0 radical (unpaired) electrons. The molecule has 116 valence electrons. The number of nitrogens with one attached hydrogen (secondary N) is 1. The van der Waals surface area contributed by atoms with Crippen LogP contribution in [0, 0.1) is 13.8 Å². The highest BCUT2D eigenvalue weighted by Crippen LogP contribution is 2.23. The molecule has 5 heteroatoms. The Balaban J connectivity index is 2.02. The minimum absolute atomic E-state index is 0.0343. The highest BCUT2D eigenvalue weighted by molar-refractivity contribution is 5.94. The predicted molar refractivity (Wildman–Crippen MR) is 88.6 cm³/mol. The summed E-state index contributed by atoms with van der Waals surface area (Å²) in [4.78, 5) is 18.2. The van der Waals surface area contributed by atoms with E-state index in [2.05, 4.69) is 10.3 Å². The van der Waals surface area contributed by atoms with Gasteiger partial charge in [-0.1, -0.05) is 18.2 Å². The summed E-state index contributed by atoms with van der Waals surface area (Å²) in [7, 11) is 3.76. The van der Waals surface area contributed by atoms with E-state index >= 15 is 0 Å². The lowest BCUT2D eigenvalue weighted by molar-refractivity contribution is -0.118. The number of hydrogen-bond donors (Lipinski definition) is 1. The summed E-state index contributed by atoms with van der Waals surface area (Å²) in [5.41, 5.74) is 2.70. The Kier molecular flexibility index (Phi) is 4.99. The van der Waals surface area contributed by atoms with Gasteiger partial charge in [-0.05, 0) is 37.1 Å². The number of hydrogen-bond acceptors (Lipinski definition) is 4. The Morgan fingerprint density at radius 2 is 1.86 bits per heavy atom. The number of benzene rings is 1. The van der Waals surface area contributed by atoms with Gasteiger partial charge >= 0.3 is 0 Å². The Hall–Kier alpha value is -2.56. The summed E-state index contributed by atoms with van der Waals surface area (Å²) >= 11 is 0. The molecule has 1 heterocycles. The van der Waals surface area contributed by atoms with E-state index in [0.717, 1.165) is 16.9 Å². The number of aromatic nitrogens is 1. The van der Waals surface area contributed by atoms with Gasteiger partial charge in [-0.25, -0.2) is 4.98 Å². The van der Waals surface area contributed by atoms with Crippen molar-refractivity contribution in [1.82, 2.24) is 4.98 Å². The van der Waals surface area contributed by atoms with Gasteiger partial charge in [-0.3, -0.25) is 4.79 Å². The second-order valence-corrected chi connectivity index (χ2v) is 5.33. The molecular weight excluding hydrogens is 278 g/mol. The van der Waals surface area contributed by atoms with Crippen LogP contribution in [0.5, 0.6) is 5.75 Å². The Morgan fingerprint density at radius 3 is 2.50 bits per heavy atom. The first-order chi connectivity index (χ1) is 10.5. The minimum Gasteiger partial charge on any atom is -0.483 e. The summed E-state index contributed by atoms with van der Waals surface area (Å²) in [6.07, 6.45) is 1.69. The van der Waals surface area contributed by atoms with Crippen LogP contribution < -0.4 is 15.0 Å². The van der Waals surface area contributed by atoms with Crippen molar-refractivity contribution in [1.29, 1.82) is 0 Å². The van der Waals surface area contributed by atoms with Crippen molar-refractivity contribution in [3.8, 4) is 5.75 Å². The van der Waals surface area contributed by atoms with Crippen LogP contribution in [0.2, 0.25) is 0 Å². The van der Waals surface area contributed by atoms with Gasteiger partial charge in [0.25, 0.3) is 5.91 Å². The molecule has 0 aliphatic carbocycles. The molecule has 2 rings (SSSR count). The summed E-state index contributed by atoms with van der Waals surface area (Å²) in [6.45, 7) is 3.89. The molecule has 1 aromatic carbocycles. The molecular formula is C17H21N3O2. The first-order valence-corrected chi connectivity index (χ1v) is 7.10. The number of anilines is 2. The van der Waals surface area contributed by atoms with Gasteiger partial charge < -0.3 is 15.0 Å². The fourth-order valence-electron chi connectivity index (χ4n) is 2.20. The van der Waals surface area contributed by atoms with Crippen LogP contribution in [0.4, 0.5) is 11.5 Å².